The first kappa shape index (κ1) is 12.6. The van der Waals surface area contributed by atoms with Crippen molar-refractivity contribution in [2.45, 2.75) is 12.5 Å². The summed E-state index contributed by atoms with van der Waals surface area (Å²) in [6.07, 6.45) is 1.97. The highest BCUT2D eigenvalue weighted by atomic mass is 19.1. The van der Waals surface area contributed by atoms with Gasteiger partial charge in [-0.05, 0) is 12.1 Å². The van der Waals surface area contributed by atoms with Gasteiger partial charge in [0.05, 0.1) is 12.6 Å². The molecule has 0 saturated carbocycles. The molecule has 4 nitrogen and oxygen atoms in total. The fourth-order valence-corrected chi connectivity index (χ4v) is 2.28. The van der Waals surface area contributed by atoms with Crippen LogP contribution in [0, 0.1) is 5.95 Å². The predicted octanol–water partition coefficient (Wildman–Crippen LogP) is 2.47. The Morgan fingerprint density at radius 2 is 2.20 bits per heavy atom. The van der Waals surface area contributed by atoms with E-state index in [1.165, 1.54) is 12.3 Å². The predicted molar refractivity (Wildman–Crippen MR) is 71.0 cm³/mol. The SMILES string of the molecule is O=C(NC1CCOc2ccccc21)c1ccnc(F)c1. The van der Waals surface area contributed by atoms with Gasteiger partial charge in [-0.3, -0.25) is 4.79 Å². The topological polar surface area (TPSA) is 51.2 Å². The van der Waals surface area contributed by atoms with Crippen molar-refractivity contribution in [3.05, 3.63) is 59.7 Å². The summed E-state index contributed by atoms with van der Waals surface area (Å²) in [5, 5.41) is 2.91. The van der Waals surface area contributed by atoms with Crippen molar-refractivity contribution < 1.29 is 13.9 Å². The summed E-state index contributed by atoms with van der Waals surface area (Å²) >= 11 is 0. The van der Waals surface area contributed by atoms with Gasteiger partial charge >= 0.3 is 0 Å². The summed E-state index contributed by atoms with van der Waals surface area (Å²) in [4.78, 5) is 15.6. The minimum atomic E-state index is -0.662. The molecule has 102 valence electrons. The highest BCUT2D eigenvalue weighted by Crippen LogP contribution is 2.31. The molecule has 1 aliphatic rings. The molecule has 0 fully saturated rings. The van der Waals surface area contributed by atoms with Crippen LogP contribution in [0.2, 0.25) is 0 Å². The molecule has 3 rings (SSSR count). The Morgan fingerprint density at radius 1 is 1.35 bits per heavy atom. The lowest BCUT2D eigenvalue weighted by Crippen LogP contribution is -2.32. The Bertz CT molecular complexity index is 645. The van der Waals surface area contributed by atoms with Crippen molar-refractivity contribution in [1.29, 1.82) is 0 Å². The quantitative estimate of drug-likeness (QED) is 0.854. The molecule has 20 heavy (non-hydrogen) atoms. The largest absolute Gasteiger partial charge is 0.493 e. The minimum absolute atomic E-state index is 0.122. The lowest BCUT2D eigenvalue weighted by atomic mass is 10.0. The monoisotopic (exact) mass is 272 g/mol. The van der Waals surface area contributed by atoms with Gasteiger partial charge < -0.3 is 10.1 Å². The second-order valence-electron chi connectivity index (χ2n) is 4.57. The molecule has 0 saturated heterocycles. The van der Waals surface area contributed by atoms with E-state index in [1.54, 1.807) is 0 Å². The third kappa shape index (κ3) is 2.47. The molecule has 5 heteroatoms. The molecule has 0 aliphatic carbocycles. The van der Waals surface area contributed by atoms with Gasteiger partial charge in [0.15, 0.2) is 0 Å². The molecular weight excluding hydrogens is 259 g/mol. The molecule has 0 bridgehead atoms. The average molecular weight is 272 g/mol. The van der Waals surface area contributed by atoms with E-state index in [0.29, 0.717) is 13.0 Å². The number of nitrogens with one attached hydrogen (secondary N) is 1. The van der Waals surface area contributed by atoms with Crippen LogP contribution in [0.4, 0.5) is 4.39 Å². The van der Waals surface area contributed by atoms with Crippen LogP contribution in [0.1, 0.15) is 28.4 Å². The molecule has 1 amide bonds. The normalized spacial score (nSPS) is 16.9. The third-order valence-corrected chi connectivity index (χ3v) is 3.25. The fourth-order valence-electron chi connectivity index (χ4n) is 2.28. The van der Waals surface area contributed by atoms with E-state index in [1.807, 2.05) is 24.3 Å². The van der Waals surface area contributed by atoms with E-state index in [2.05, 4.69) is 10.3 Å². The van der Waals surface area contributed by atoms with E-state index in [0.717, 1.165) is 17.4 Å². The van der Waals surface area contributed by atoms with Crippen molar-refractivity contribution in [3.8, 4) is 5.75 Å². The maximum Gasteiger partial charge on any atom is 0.251 e. The van der Waals surface area contributed by atoms with Gasteiger partial charge in [-0.25, -0.2) is 4.98 Å². The van der Waals surface area contributed by atoms with Crippen molar-refractivity contribution >= 4 is 5.91 Å². The number of carbonyl (C=O) groups excluding carboxylic acids is 1. The number of nitrogens with zero attached hydrogens (tertiary/aromatic N) is 1. The number of carbonyl (C=O) groups is 1. The standard InChI is InChI=1S/C15H13FN2O2/c16-14-9-10(5-7-17-14)15(19)18-12-6-8-20-13-4-2-1-3-11(12)13/h1-5,7,9,12H,6,8H2,(H,18,19). The summed E-state index contributed by atoms with van der Waals surface area (Å²) in [5.41, 5.74) is 1.21. The number of fused-ring (bicyclic) bond motifs is 1. The zero-order valence-corrected chi connectivity index (χ0v) is 10.7. The van der Waals surface area contributed by atoms with Gasteiger partial charge in [0.2, 0.25) is 5.95 Å². The summed E-state index contributed by atoms with van der Waals surface area (Å²) in [5.74, 6) is -0.192. The number of ether oxygens (including phenoxy) is 1. The molecule has 2 heterocycles. The Kier molecular flexibility index (Phi) is 3.33. The number of halogens is 1. The first-order chi connectivity index (χ1) is 9.74. The van der Waals surface area contributed by atoms with Gasteiger partial charge in [0, 0.05) is 29.8 Å². The smallest absolute Gasteiger partial charge is 0.251 e. The Balaban J connectivity index is 1.81. The molecule has 1 aromatic carbocycles. The van der Waals surface area contributed by atoms with Crippen LogP contribution >= 0.6 is 0 Å². The van der Waals surface area contributed by atoms with E-state index < -0.39 is 5.95 Å². The summed E-state index contributed by atoms with van der Waals surface area (Å²) in [6, 6.07) is 10.1. The zero-order chi connectivity index (χ0) is 13.9. The highest BCUT2D eigenvalue weighted by Gasteiger charge is 2.23. The van der Waals surface area contributed by atoms with E-state index in [-0.39, 0.29) is 17.5 Å². The lowest BCUT2D eigenvalue weighted by Gasteiger charge is -2.26. The second kappa shape index (κ2) is 5.28. The van der Waals surface area contributed by atoms with Crippen molar-refractivity contribution in [2.75, 3.05) is 6.61 Å². The van der Waals surface area contributed by atoms with Gasteiger partial charge in [-0.1, -0.05) is 18.2 Å². The van der Waals surface area contributed by atoms with Crippen LogP contribution in [0.3, 0.4) is 0 Å². The molecule has 1 aliphatic heterocycles. The first-order valence-electron chi connectivity index (χ1n) is 6.38. The number of amides is 1. The van der Waals surface area contributed by atoms with E-state index >= 15 is 0 Å². The van der Waals surface area contributed by atoms with Gasteiger partial charge in [-0.2, -0.15) is 4.39 Å². The number of para-hydroxylation sites is 1. The van der Waals surface area contributed by atoms with Crippen LogP contribution < -0.4 is 10.1 Å². The Hall–Kier alpha value is -2.43. The number of aromatic nitrogens is 1. The Morgan fingerprint density at radius 3 is 3.05 bits per heavy atom. The summed E-state index contributed by atoms with van der Waals surface area (Å²) in [6.45, 7) is 0.548. The summed E-state index contributed by atoms with van der Waals surface area (Å²) in [7, 11) is 0. The van der Waals surface area contributed by atoms with Crippen molar-refractivity contribution in [1.82, 2.24) is 10.3 Å². The fraction of sp³-hybridized carbons (Fsp3) is 0.200. The number of pyridine rings is 1. The van der Waals surface area contributed by atoms with Crippen LogP contribution in [-0.4, -0.2) is 17.5 Å². The average Bonchev–Trinajstić information content (AvgIpc) is 2.47. The molecular formula is C15H13FN2O2. The number of rotatable bonds is 2. The van der Waals surface area contributed by atoms with Gasteiger partial charge in [0.1, 0.15) is 5.75 Å². The first-order valence-corrected chi connectivity index (χ1v) is 6.38. The molecule has 0 spiro atoms. The Labute approximate surface area is 115 Å². The molecule has 1 unspecified atom stereocenters. The molecule has 1 N–H and O–H groups in total. The molecule has 1 atom stereocenters. The third-order valence-electron chi connectivity index (χ3n) is 3.25. The molecule has 1 aromatic heterocycles. The van der Waals surface area contributed by atoms with Crippen LogP contribution in [0.5, 0.6) is 5.75 Å². The van der Waals surface area contributed by atoms with E-state index in [9.17, 15) is 9.18 Å². The minimum Gasteiger partial charge on any atom is -0.493 e. The van der Waals surface area contributed by atoms with Crippen molar-refractivity contribution in [3.63, 3.8) is 0 Å². The van der Waals surface area contributed by atoms with E-state index in [4.69, 9.17) is 4.74 Å². The molecule has 0 radical (unpaired) electrons. The molecule has 2 aromatic rings. The van der Waals surface area contributed by atoms with Crippen LogP contribution in [0.15, 0.2) is 42.6 Å². The van der Waals surface area contributed by atoms with Crippen LogP contribution in [-0.2, 0) is 0 Å². The second-order valence-corrected chi connectivity index (χ2v) is 4.57. The lowest BCUT2D eigenvalue weighted by molar-refractivity contribution is 0.0924. The number of hydrogen-bond acceptors (Lipinski definition) is 3. The maximum atomic E-state index is 13.0. The number of benzene rings is 1. The highest BCUT2D eigenvalue weighted by molar-refractivity contribution is 5.94. The zero-order valence-electron chi connectivity index (χ0n) is 10.7. The van der Waals surface area contributed by atoms with Crippen molar-refractivity contribution in [2.24, 2.45) is 0 Å². The van der Waals surface area contributed by atoms with Gasteiger partial charge in [0.25, 0.3) is 5.91 Å². The maximum absolute atomic E-state index is 13.0. The summed E-state index contributed by atoms with van der Waals surface area (Å²) < 4.78 is 18.6. The number of hydrogen-bond donors (Lipinski definition) is 1. The van der Waals surface area contributed by atoms with Gasteiger partial charge in [-0.15, -0.1) is 0 Å². The van der Waals surface area contributed by atoms with Crippen LogP contribution in [0.25, 0.3) is 0 Å².